The van der Waals surface area contributed by atoms with E-state index >= 15 is 0 Å². The zero-order chi connectivity index (χ0) is 18.2. The molecule has 0 aliphatic heterocycles. The Balaban J connectivity index is 1.89. The molecule has 0 amide bonds. The van der Waals surface area contributed by atoms with Gasteiger partial charge >= 0.3 is 0 Å². The number of phenolic OH excluding ortho intramolecular Hbond substituents is 1. The number of thiazole rings is 1. The molecule has 9 heteroatoms. The van der Waals surface area contributed by atoms with Crippen LogP contribution in [0.15, 0.2) is 24.8 Å². The van der Waals surface area contributed by atoms with E-state index in [-0.39, 0.29) is 16.2 Å². The molecule has 3 rings (SSSR count). The van der Waals surface area contributed by atoms with Gasteiger partial charge in [0.15, 0.2) is 5.13 Å². The van der Waals surface area contributed by atoms with Crippen LogP contribution in [-0.4, -0.2) is 24.9 Å². The van der Waals surface area contributed by atoms with Gasteiger partial charge in [0.25, 0.3) is 0 Å². The lowest BCUT2D eigenvalue weighted by Gasteiger charge is -2.16. The summed E-state index contributed by atoms with van der Waals surface area (Å²) in [7, 11) is 0. The summed E-state index contributed by atoms with van der Waals surface area (Å²) >= 11 is 13.4. The van der Waals surface area contributed by atoms with Crippen LogP contribution in [0.1, 0.15) is 32.0 Å². The number of aromatic hydroxyl groups is 1. The lowest BCUT2D eigenvalue weighted by molar-refractivity contribution is 0.469. The van der Waals surface area contributed by atoms with Gasteiger partial charge in [0.05, 0.1) is 10.7 Å². The van der Waals surface area contributed by atoms with Crippen LogP contribution in [0.5, 0.6) is 5.75 Å². The number of aromatic nitrogens is 4. The molecule has 2 aromatic heterocycles. The number of hydrogen-bond donors (Lipinski definition) is 2. The first-order valence-corrected chi connectivity index (χ1v) is 9.10. The third-order valence-electron chi connectivity index (χ3n) is 3.48. The number of anilines is 1. The van der Waals surface area contributed by atoms with Gasteiger partial charge < -0.3 is 10.4 Å². The third kappa shape index (κ3) is 3.89. The second-order valence-electron chi connectivity index (χ2n) is 6.51. The van der Waals surface area contributed by atoms with Crippen LogP contribution in [0.4, 0.5) is 5.13 Å². The van der Waals surface area contributed by atoms with E-state index in [9.17, 15) is 5.11 Å². The summed E-state index contributed by atoms with van der Waals surface area (Å²) in [6, 6.07) is 3.18. The van der Waals surface area contributed by atoms with Crippen molar-refractivity contribution in [2.24, 2.45) is 0 Å². The number of nitrogens with one attached hydrogen (secondary N) is 1. The van der Waals surface area contributed by atoms with E-state index in [1.807, 2.05) is 0 Å². The van der Waals surface area contributed by atoms with Gasteiger partial charge in [-0.3, -0.25) is 0 Å². The van der Waals surface area contributed by atoms with Crippen molar-refractivity contribution in [3.63, 3.8) is 0 Å². The number of rotatable bonds is 4. The molecule has 0 fully saturated rings. The Morgan fingerprint density at radius 1 is 1.28 bits per heavy atom. The summed E-state index contributed by atoms with van der Waals surface area (Å²) in [5.41, 5.74) is 1.37. The minimum atomic E-state index is -0.154. The molecule has 0 bridgehead atoms. The molecule has 2 heterocycles. The Bertz CT molecular complexity index is 887. The van der Waals surface area contributed by atoms with Gasteiger partial charge in [0.2, 0.25) is 0 Å². The molecule has 132 valence electrons. The Morgan fingerprint density at radius 3 is 2.68 bits per heavy atom. The van der Waals surface area contributed by atoms with Crippen LogP contribution in [0, 0.1) is 0 Å². The summed E-state index contributed by atoms with van der Waals surface area (Å²) in [5.74, 6) is 0.0164. The smallest absolute Gasteiger partial charge is 0.185 e. The Hall–Kier alpha value is -1.83. The Labute approximate surface area is 159 Å². The second kappa shape index (κ2) is 6.82. The summed E-state index contributed by atoms with van der Waals surface area (Å²) in [6.07, 6.45) is 3.14. The van der Waals surface area contributed by atoms with E-state index in [0.29, 0.717) is 22.3 Å². The van der Waals surface area contributed by atoms with Gasteiger partial charge in [-0.1, -0.05) is 55.3 Å². The molecule has 0 unspecified atom stereocenters. The largest absolute Gasteiger partial charge is 0.506 e. The maximum Gasteiger partial charge on any atom is 0.185 e. The van der Waals surface area contributed by atoms with E-state index < -0.39 is 0 Å². The van der Waals surface area contributed by atoms with Gasteiger partial charge in [-0.2, -0.15) is 5.10 Å². The van der Waals surface area contributed by atoms with Gasteiger partial charge in [-0.25, -0.2) is 14.6 Å². The van der Waals surface area contributed by atoms with Gasteiger partial charge in [0, 0.05) is 22.5 Å². The highest BCUT2D eigenvalue weighted by Crippen LogP contribution is 2.36. The molecule has 2 N–H and O–H groups in total. The van der Waals surface area contributed by atoms with Crippen molar-refractivity contribution in [1.29, 1.82) is 0 Å². The van der Waals surface area contributed by atoms with E-state index in [0.717, 1.165) is 10.7 Å². The standard InChI is InChI=1S/C16H17Cl2N5OS/c1-16(2,3)13-14(23-8-19-7-21-23)25-15(22-13)20-6-9-4-10(17)5-11(18)12(9)24/h4-5,7-8,24H,6H2,1-3H3,(H,20,22). The van der Waals surface area contributed by atoms with Crippen molar-refractivity contribution < 1.29 is 5.11 Å². The number of phenols is 1. The van der Waals surface area contributed by atoms with Crippen molar-refractivity contribution >= 4 is 39.7 Å². The number of benzene rings is 1. The number of nitrogens with zero attached hydrogens (tertiary/aromatic N) is 4. The zero-order valence-electron chi connectivity index (χ0n) is 13.9. The highest BCUT2D eigenvalue weighted by Gasteiger charge is 2.25. The average molecular weight is 398 g/mol. The highest BCUT2D eigenvalue weighted by atomic mass is 35.5. The van der Waals surface area contributed by atoms with Crippen molar-refractivity contribution in [1.82, 2.24) is 19.7 Å². The Kier molecular flexibility index (Phi) is 4.90. The quantitative estimate of drug-likeness (QED) is 0.669. The van der Waals surface area contributed by atoms with E-state index in [1.165, 1.54) is 23.7 Å². The highest BCUT2D eigenvalue weighted by molar-refractivity contribution is 7.18. The van der Waals surface area contributed by atoms with Gasteiger partial charge in [-0.05, 0) is 12.1 Å². The first kappa shape index (κ1) is 18.0. The van der Waals surface area contributed by atoms with Crippen LogP contribution in [-0.2, 0) is 12.0 Å². The average Bonchev–Trinajstić information content (AvgIpc) is 3.17. The van der Waals surface area contributed by atoms with Gasteiger partial charge in [-0.15, -0.1) is 0 Å². The monoisotopic (exact) mass is 397 g/mol. The molecule has 0 saturated carbocycles. The number of halogens is 2. The van der Waals surface area contributed by atoms with Gasteiger partial charge in [0.1, 0.15) is 23.4 Å². The fraction of sp³-hybridized carbons (Fsp3) is 0.312. The molecule has 0 saturated heterocycles. The summed E-state index contributed by atoms with van der Waals surface area (Å²) in [6.45, 7) is 6.62. The molecule has 25 heavy (non-hydrogen) atoms. The van der Waals surface area contributed by atoms with Crippen molar-refractivity contribution in [3.05, 3.63) is 46.1 Å². The molecular weight excluding hydrogens is 381 g/mol. The van der Waals surface area contributed by atoms with Crippen molar-refractivity contribution in [2.45, 2.75) is 32.7 Å². The predicted octanol–water partition coefficient (Wildman–Crippen LogP) is 4.65. The third-order valence-corrected chi connectivity index (χ3v) is 4.99. The summed E-state index contributed by atoms with van der Waals surface area (Å²) in [4.78, 5) is 8.70. The molecule has 0 aliphatic rings. The van der Waals surface area contributed by atoms with Crippen LogP contribution in [0.2, 0.25) is 10.0 Å². The minimum Gasteiger partial charge on any atom is -0.506 e. The summed E-state index contributed by atoms with van der Waals surface area (Å²) < 4.78 is 1.71. The predicted molar refractivity (Wildman–Crippen MR) is 101 cm³/mol. The maximum absolute atomic E-state index is 10.1. The maximum atomic E-state index is 10.1. The van der Waals surface area contributed by atoms with Crippen molar-refractivity contribution in [2.75, 3.05) is 5.32 Å². The SMILES string of the molecule is CC(C)(C)c1nc(NCc2cc(Cl)cc(Cl)c2O)sc1-n1cncn1. The van der Waals surface area contributed by atoms with Crippen LogP contribution in [0.3, 0.4) is 0 Å². The topological polar surface area (TPSA) is 75.9 Å². The normalized spacial score (nSPS) is 11.7. The molecular formula is C16H17Cl2N5OS. The minimum absolute atomic E-state index is 0.0164. The molecule has 1 aromatic carbocycles. The van der Waals surface area contributed by atoms with Crippen LogP contribution in [0.25, 0.3) is 5.00 Å². The first-order valence-electron chi connectivity index (χ1n) is 7.53. The lowest BCUT2D eigenvalue weighted by Crippen LogP contribution is -2.15. The molecule has 0 radical (unpaired) electrons. The molecule has 0 atom stereocenters. The first-order chi connectivity index (χ1) is 11.8. The summed E-state index contributed by atoms with van der Waals surface area (Å²) in [5, 5.41) is 19.8. The molecule has 6 nitrogen and oxygen atoms in total. The molecule has 0 spiro atoms. The number of hydrogen-bond acceptors (Lipinski definition) is 6. The lowest BCUT2D eigenvalue weighted by atomic mass is 9.92. The fourth-order valence-corrected chi connectivity index (χ4v) is 3.91. The molecule has 0 aliphatic carbocycles. The Morgan fingerprint density at radius 2 is 2.04 bits per heavy atom. The van der Waals surface area contributed by atoms with Crippen LogP contribution < -0.4 is 5.32 Å². The zero-order valence-corrected chi connectivity index (χ0v) is 16.2. The van der Waals surface area contributed by atoms with E-state index in [2.05, 4.69) is 36.2 Å². The molecule has 3 aromatic rings. The second-order valence-corrected chi connectivity index (χ2v) is 8.33. The van der Waals surface area contributed by atoms with Crippen molar-refractivity contribution in [3.8, 4) is 10.8 Å². The van der Waals surface area contributed by atoms with Crippen LogP contribution >= 0.6 is 34.5 Å². The van der Waals surface area contributed by atoms with E-state index in [1.54, 1.807) is 17.1 Å². The van der Waals surface area contributed by atoms with E-state index in [4.69, 9.17) is 28.2 Å². The fourth-order valence-electron chi connectivity index (χ4n) is 2.27.